The zero-order valence-electron chi connectivity index (χ0n) is 11.6. The first-order valence-electron chi connectivity index (χ1n) is 6.68. The van der Waals surface area contributed by atoms with E-state index in [9.17, 15) is 0 Å². The summed E-state index contributed by atoms with van der Waals surface area (Å²) in [7, 11) is 0. The van der Waals surface area contributed by atoms with Gasteiger partial charge in [-0.1, -0.05) is 0 Å². The molecule has 0 bridgehead atoms. The molecule has 0 aromatic carbocycles. The van der Waals surface area contributed by atoms with Crippen LogP contribution in [0.2, 0.25) is 0 Å². The van der Waals surface area contributed by atoms with E-state index in [2.05, 4.69) is 35.6 Å². The van der Waals surface area contributed by atoms with Gasteiger partial charge in [0.2, 0.25) is 0 Å². The number of hydrogen-bond acceptors (Lipinski definition) is 4. The van der Waals surface area contributed by atoms with E-state index in [0.29, 0.717) is 18.6 Å². The third kappa shape index (κ3) is 4.08. The predicted octanol–water partition coefficient (Wildman–Crippen LogP) is 1.21. The maximum atomic E-state index is 8.84. The van der Waals surface area contributed by atoms with Crippen molar-refractivity contribution in [2.45, 2.75) is 51.7 Å². The zero-order chi connectivity index (χ0) is 13.5. The summed E-state index contributed by atoms with van der Waals surface area (Å²) in [4.78, 5) is 4.21. The second-order valence-electron chi connectivity index (χ2n) is 5.04. The van der Waals surface area contributed by atoms with Gasteiger partial charge in [0.1, 0.15) is 0 Å². The van der Waals surface area contributed by atoms with Crippen LogP contribution in [-0.4, -0.2) is 33.9 Å². The van der Waals surface area contributed by atoms with Crippen LogP contribution >= 0.6 is 0 Å². The molecule has 18 heavy (non-hydrogen) atoms. The molecule has 5 nitrogen and oxygen atoms in total. The first kappa shape index (κ1) is 15.1. The fraction of sp³-hybridized carbons (Fsp3) is 0.769. The van der Waals surface area contributed by atoms with Gasteiger partial charge in [0, 0.05) is 31.4 Å². The van der Waals surface area contributed by atoms with Crippen LogP contribution in [0, 0.1) is 0 Å². The molecule has 0 saturated carbocycles. The lowest BCUT2D eigenvalue weighted by Crippen LogP contribution is -2.36. The molecule has 1 heterocycles. The average molecular weight is 254 g/mol. The van der Waals surface area contributed by atoms with Crippen molar-refractivity contribution in [3.63, 3.8) is 0 Å². The van der Waals surface area contributed by atoms with Gasteiger partial charge in [-0.05, 0) is 33.6 Å². The second-order valence-corrected chi connectivity index (χ2v) is 5.04. The number of aliphatic hydroxyl groups excluding tert-OH is 1. The number of aromatic nitrogens is 2. The molecule has 4 N–H and O–H groups in total. The third-order valence-electron chi connectivity index (χ3n) is 3.13. The van der Waals surface area contributed by atoms with Crippen LogP contribution < -0.4 is 11.1 Å². The molecule has 5 heteroatoms. The molecule has 0 aliphatic heterocycles. The molecular weight excluding hydrogens is 228 g/mol. The number of nitrogens with zero attached hydrogens (tertiary/aromatic N) is 2. The van der Waals surface area contributed by atoms with Gasteiger partial charge in [-0.2, -0.15) is 0 Å². The SMILES string of the molecule is CC(CCCO)NC(CN)c1cncn1C(C)C. The molecule has 0 amide bonds. The van der Waals surface area contributed by atoms with Crippen LogP contribution in [-0.2, 0) is 0 Å². The van der Waals surface area contributed by atoms with E-state index in [1.54, 1.807) is 0 Å². The zero-order valence-corrected chi connectivity index (χ0v) is 11.6. The number of nitrogens with two attached hydrogens (primary N) is 1. The lowest BCUT2D eigenvalue weighted by Gasteiger charge is -2.24. The Balaban J connectivity index is 2.67. The maximum absolute atomic E-state index is 8.84. The molecule has 0 saturated heterocycles. The molecule has 1 aromatic rings. The van der Waals surface area contributed by atoms with Crippen molar-refractivity contribution in [3.05, 3.63) is 18.2 Å². The monoisotopic (exact) mass is 254 g/mol. The van der Waals surface area contributed by atoms with Crippen molar-refractivity contribution in [3.8, 4) is 0 Å². The number of rotatable bonds is 8. The number of nitrogens with one attached hydrogen (secondary N) is 1. The van der Waals surface area contributed by atoms with E-state index in [-0.39, 0.29) is 12.6 Å². The summed E-state index contributed by atoms with van der Waals surface area (Å²) in [5.41, 5.74) is 6.99. The van der Waals surface area contributed by atoms with E-state index >= 15 is 0 Å². The Hall–Kier alpha value is -0.910. The van der Waals surface area contributed by atoms with Crippen LogP contribution in [0.5, 0.6) is 0 Å². The highest BCUT2D eigenvalue weighted by Crippen LogP contribution is 2.17. The standard InChI is InChI=1S/C13H26N4O/c1-10(2)17-9-15-8-13(17)12(7-14)16-11(3)5-4-6-18/h8-12,16,18H,4-7,14H2,1-3H3. The Kier molecular flexibility index (Phi) is 6.32. The molecule has 1 rings (SSSR count). The van der Waals surface area contributed by atoms with Crippen LogP contribution in [0.1, 0.15) is 51.4 Å². The highest BCUT2D eigenvalue weighted by molar-refractivity contribution is 5.07. The van der Waals surface area contributed by atoms with Gasteiger partial charge >= 0.3 is 0 Å². The quantitative estimate of drug-likeness (QED) is 0.652. The number of hydrogen-bond donors (Lipinski definition) is 3. The Morgan fingerprint density at radius 1 is 1.44 bits per heavy atom. The van der Waals surface area contributed by atoms with Gasteiger partial charge in [0.15, 0.2) is 0 Å². The highest BCUT2D eigenvalue weighted by atomic mass is 16.2. The van der Waals surface area contributed by atoms with Crippen molar-refractivity contribution in [2.75, 3.05) is 13.2 Å². The topological polar surface area (TPSA) is 76.1 Å². The molecule has 104 valence electrons. The molecule has 0 aliphatic carbocycles. The van der Waals surface area contributed by atoms with Crippen molar-refractivity contribution < 1.29 is 5.11 Å². The highest BCUT2D eigenvalue weighted by Gasteiger charge is 2.17. The minimum Gasteiger partial charge on any atom is -0.396 e. The van der Waals surface area contributed by atoms with Crippen molar-refractivity contribution in [2.24, 2.45) is 5.73 Å². The van der Waals surface area contributed by atoms with E-state index in [1.165, 1.54) is 0 Å². The average Bonchev–Trinajstić information content (AvgIpc) is 2.82. The van der Waals surface area contributed by atoms with E-state index in [0.717, 1.165) is 18.5 Å². The minimum atomic E-state index is 0.114. The van der Waals surface area contributed by atoms with Gasteiger partial charge < -0.3 is 20.7 Å². The molecule has 2 unspecified atom stereocenters. The lowest BCUT2D eigenvalue weighted by atomic mass is 10.1. The molecule has 0 spiro atoms. The van der Waals surface area contributed by atoms with Gasteiger partial charge in [-0.3, -0.25) is 0 Å². The summed E-state index contributed by atoms with van der Waals surface area (Å²) in [6.07, 6.45) is 5.49. The first-order chi connectivity index (χ1) is 8.60. The fourth-order valence-electron chi connectivity index (χ4n) is 2.11. The normalized spacial score (nSPS) is 15.0. The van der Waals surface area contributed by atoms with E-state index < -0.39 is 0 Å². The minimum absolute atomic E-state index is 0.114. The summed E-state index contributed by atoms with van der Waals surface area (Å²) in [6.45, 7) is 7.17. The summed E-state index contributed by atoms with van der Waals surface area (Å²) in [5.74, 6) is 0. The fourth-order valence-corrected chi connectivity index (χ4v) is 2.11. The molecule has 1 aromatic heterocycles. The van der Waals surface area contributed by atoms with Gasteiger partial charge in [-0.25, -0.2) is 4.98 Å². The van der Waals surface area contributed by atoms with Crippen LogP contribution in [0.4, 0.5) is 0 Å². The molecule has 0 fully saturated rings. The largest absolute Gasteiger partial charge is 0.396 e. The van der Waals surface area contributed by atoms with E-state index in [4.69, 9.17) is 10.8 Å². The van der Waals surface area contributed by atoms with Crippen LogP contribution in [0.3, 0.4) is 0 Å². The van der Waals surface area contributed by atoms with Gasteiger partial charge in [0.05, 0.1) is 18.1 Å². The third-order valence-corrected chi connectivity index (χ3v) is 3.13. The Morgan fingerprint density at radius 3 is 2.72 bits per heavy atom. The summed E-state index contributed by atoms with van der Waals surface area (Å²) in [6, 6.07) is 0.830. The molecule has 0 radical (unpaired) electrons. The summed E-state index contributed by atoms with van der Waals surface area (Å²) in [5, 5.41) is 12.3. The van der Waals surface area contributed by atoms with Gasteiger partial charge in [-0.15, -0.1) is 0 Å². The van der Waals surface area contributed by atoms with Gasteiger partial charge in [0.25, 0.3) is 0 Å². The Labute approximate surface area is 109 Å². The van der Waals surface area contributed by atoms with E-state index in [1.807, 2.05) is 12.5 Å². The first-order valence-corrected chi connectivity index (χ1v) is 6.68. The van der Waals surface area contributed by atoms with Crippen LogP contribution in [0.15, 0.2) is 12.5 Å². The van der Waals surface area contributed by atoms with Crippen molar-refractivity contribution in [1.82, 2.24) is 14.9 Å². The smallest absolute Gasteiger partial charge is 0.0951 e. The lowest BCUT2D eigenvalue weighted by molar-refractivity contribution is 0.273. The Bertz CT molecular complexity index is 337. The van der Waals surface area contributed by atoms with Crippen molar-refractivity contribution in [1.29, 1.82) is 0 Å². The maximum Gasteiger partial charge on any atom is 0.0951 e. The number of aliphatic hydroxyl groups is 1. The van der Waals surface area contributed by atoms with Crippen molar-refractivity contribution >= 4 is 0 Å². The summed E-state index contributed by atoms with van der Waals surface area (Å²) < 4.78 is 2.14. The molecular formula is C13H26N4O. The second kappa shape index (κ2) is 7.51. The summed E-state index contributed by atoms with van der Waals surface area (Å²) >= 11 is 0. The predicted molar refractivity (Wildman–Crippen MR) is 73.3 cm³/mol. The Morgan fingerprint density at radius 2 is 2.17 bits per heavy atom. The number of imidazole rings is 1. The molecule has 0 aliphatic rings. The van der Waals surface area contributed by atoms with Crippen LogP contribution in [0.25, 0.3) is 0 Å². The molecule has 2 atom stereocenters.